The second-order valence-corrected chi connectivity index (χ2v) is 12.7. The fourth-order valence-corrected chi connectivity index (χ4v) is 8.89. The summed E-state index contributed by atoms with van der Waals surface area (Å²) in [6.45, 7) is 0. The minimum Gasteiger partial charge on any atom is -0.456 e. The van der Waals surface area contributed by atoms with Gasteiger partial charge in [0.15, 0.2) is 7.14 Å². The lowest BCUT2D eigenvalue weighted by Gasteiger charge is -2.36. The molecule has 0 amide bonds. The van der Waals surface area contributed by atoms with E-state index in [1.54, 1.807) is 0 Å². The van der Waals surface area contributed by atoms with Crippen LogP contribution in [0.15, 0.2) is 140 Å². The summed E-state index contributed by atoms with van der Waals surface area (Å²) in [5, 5.41) is 2.03. The average Bonchev–Trinajstić information content (AvgIpc) is 3.02. The molecular formula is C36H23O3P. The molecule has 1 unspecified atom stereocenters. The van der Waals surface area contributed by atoms with Crippen molar-refractivity contribution in [1.29, 1.82) is 0 Å². The molecule has 0 aliphatic carbocycles. The average molecular weight is 535 g/mol. The van der Waals surface area contributed by atoms with Crippen LogP contribution in [0, 0.1) is 0 Å². The minimum absolute atomic E-state index is 0.575. The first-order valence-electron chi connectivity index (χ1n) is 13.3. The van der Waals surface area contributed by atoms with Crippen LogP contribution in [0.5, 0.6) is 23.0 Å². The highest BCUT2D eigenvalue weighted by atomic mass is 31.2. The predicted molar refractivity (Wildman–Crippen MR) is 162 cm³/mol. The van der Waals surface area contributed by atoms with Gasteiger partial charge in [-0.3, -0.25) is 0 Å². The fraction of sp³-hybridized carbons (Fsp3) is 0. The van der Waals surface area contributed by atoms with Crippen LogP contribution in [-0.4, -0.2) is 0 Å². The molecule has 6 aromatic rings. The zero-order valence-electron chi connectivity index (χ0n) is 21.5. The second-order valence-electron chi connectivity index (χ2n) is 10.1. The molecule has 0 saturated heterocycles. The van der Waals surface area contributed by atoms with Crippen LogP contribution in [0.2, 0.25) is 0 Å². The second kappa shape index (κ2) is 8.84. The van der Waals surface area contributed by atoms with Gasteiger partial charge in [-0.2, -0.15) is 0 Å². The summed E-state index contributed by atoms with van der Waals surface area (Å²) in [6.07, 6.45) is 0. The molecule has 2 aliphatic heterocycles. The number of benzene rings is 6. The fourth-order valence-electron chi connectivity index (χ4n) is 5.81. The lowest BCUT2D eigenvalue weighted by molar-refractivity contribution is 0.463. The molecule has 0 bridgehead atoms. The largest absolute Gasteiger partial charge is 0.456 e. The highest BCUT2D eigenvalue weighted by Gasteiger charge is 2.47. The lowest BCUT2D eigenvalue weighted by Crippen LogP contribution is -2.35. The summed E-state index contributed by atoms with van der Waals surface area (Å²) in [6, 6.07) is 46.4. The van der Waals surface area contributed by atoms with E-state index in [1.165, 1.54) is 0 Å². The first-order chi connectivity index (χ1) is 19.7. The summed E-state index contributed by atoms with van der Waals surface area (Å²) >= 11 is 0. The Labute approximate surface area is 232 Å². The molecule has 3 nitrogen and oxygen atoms in total. The Morgan fingerprint density at radius 3 is 1.68 bits per heavy atom. The number of rotatable bonds is 3. The van der Waals surface area contributed by atoms with E-state index in [4.69, 9.17) is 9.47 Å². The molecule has 40 heavy (non-hydrogen) atoms. The van der Waals surface area contributed by atoms with Crippen molar-refractivity contribution in [2.45, 2.75) is 0 Å². The molecule has 0 spiro atoms. The van der Waals surface area contributed by atoms with E-state index in [9.17, 15) is 0 Å². The van der Waals surface area contributed by atoms with Gasteiger partial charge in [-0.15, -0.1) is 0 Å². The highest BCUT2D eigenvalue weighted by Crippen LogP contribution is 2.60. The third kappa shape index (κ3) is 3.42. The number of ether oxygens (including phenoxy) is 2. The Bertz CT molecular complexity index is 1970. The summed E-state index contributed by atoms with van der Waals surface area (Å²) < 4.78 is 28.9. The van der Waals surface area contributed by atoms with Crippen LogP contribution in [0.25, 0.3) is 33.4 Å². The zero-order valence-corrected chi connectivity index (χ0v) is 22.3. The molecule has 6 aromatic carbocycles. The van der Waals surface area contributed by atoms with Crippen LogP contribution < -0.4 is 25.4 Å². The topological polar surface area (TPSA) is 35.5 Å². The zero-order chi connectivity index (χ0) is 26.7. The quantitative estimate of drug-likeness (QED) is 0.213. The maximum Gasteiger partial charge on any atom is 0.185 e. The van der Waals surface area contributed by atoms with Gasteiger partial charge in [0.05, 0.1) is 10.6 Å². The number of hydrogen-bond donors (Lipinski definition) is 0. The Kier molecular flexibility index (Phi) is 5.10. The van der Waals surface area contributed by atoms with Crippen molar-refractivity contribution < 1.29 is 14.0 Å². The van der Waals surface area contributed by atoms with Crippen LogP contribution >= 0.6 is 7.14 Å². The molecular weight excluding hydrogens is 511 g/mol. The van der Waals surface area contributed by atoms with E-state index in [1.807, 2.05) is 115 Å². The molecule has 0 saturated carbocycles. The summed E-state index contributed by atoms with van der Waals surface area (Å²) in [4.78, 5) is 0. The van der Waals surface area contributed by atoms with Gasteiger partial charge in [0.25, 0.3) is 0 Å². The van der Waals surface area contributed by atoms with Crippen molar-refractivity contribution in [3.05, 3.63) is 140 Å². The van der Waals surface area contributed by atoms with E-state index in [-0.39, 0.29) is 0 Å². The first kappa shape index (κ1) is 23.1. The number of hydrogen-bond acceptors (Lipinski definition) is 3. The normalized spacial score (nSPS) is 16.1. The monoisotopic (exact) mass is 534 g/mol. The van der Waals surface area contributed by atoms with Gasteiger partial charge in [-0.1, -0.05) is 103 Å². The van der Waals surface area contributed by atoms with Crippen molar-refractivity contribution in [2.75, 3.05) is 0 Å². The maximum absolute atomic E-state index is 15.8. The Balaban J connectivity index is 1.40. The van der Waals surface area contributed by atoms with E-state index in [0.717, 1.165) is 33.4 Å². The van der Waals surface area contributed by atoms with Gasteiger partial charge in [0.1, 0.15) is 28.3 Å². The van der Waals surface area contributed by atoms with Crippen LogP contribution in [0.3, 0.4) is 0 Å². The van der Waals surface area contributed by atoms with Crippen molar-refractivity contribution in [3.63, 3.8) is 0 Å². The molecule has 0 radical (unpaired) electrons. The van der Waals surface area contributed by atoms with Gasteiger partial charge in [0, 0.05) is 5.56 Å². The molecule has 2 heterocycles. The Morgan fingerprint density at radius 1 is 0.425 bits per heavy atom. The van der Waals surface area contributed by atoms with Crippen molar-refractivity contribution >= 4 is 23.1 Å². The number of fused-ring (bicyclic) bond motifs is 4. The molecule has 190 valence electrons. The van der Waals surface area contributed by atoms with Crippen molar-refractivity contribution in [2.24, 2.45) is 0 Å². The molecule has 8 rings (SSSR count). The predicted octanol–water partition coefficient (Wildman–Crippen LogP) is 8.54. The molecule has 0 N–H and O–H groups in total. The van der Waals surface area contributed by atoms with Gasteiger partial charge >= 0.3 is 0 Å². The van der Waals surface area contributed by atoms with Gasteiger partial charge in [-0.25, -0.2) is 0 Å². The minimum atomic E-state index is -3.37. The van der Waals surface area contributed by atoms with Crippen molar-refractivity contribution in [3.8, 4) is 56.4 Å². The SMILES string of the molecule is O=P12c3ccc(-c4ccccc4)cc3Oc3ccc(-c4ccccc4)c(c31)Oc1ccc(-c3ccccc3)cc12. The van der Waals surface area contributed by atoms with Gasteiger partial charge in [0.2, 0.25) is 0 Å². The summed E-state index contributed by atoms with van der Waals surface area (Å²) in [7, 11) is -3.37. The molecule has 0 aromatic heterocycles. The van der Waals surface area contributed by atoms with E-state index < -0.39 is 7.14 Å². The molecule has 0 fully saturated rings. The third-order valence-electron chi connectivity index (χ3n) is 7.74. The maximum atomic E-state index is 15.8. The summed E-state index contributed by atoms with van der Waals surface area (Å²) in [5.74, 6) is 2.41. The van der Waals surface area contributed by atoms with Gasteiger partial charge < -0.3 is 14.0 Å². The van der Waals surface area contributed by atoms with Crippen LogP contribution in [0.4, 0.5) is 0 Å². The van der Waals surface area contributed by atoms with E-state index in [2.05, 4.69) is 24.3 Å². The lowest BCUT2D eigenvalue weighted by atomic mass is 10.0. The third-order valence-corrected chi connectivity index (χ3v) is 10.9. The smallest absolute Gasteiger partial charge is 0.185 e. The summed E-state index contributed by atoms with van der Waals surface area (Å²) in [5.41, 5.74) is 6.05. The highest BCUT2D eigenvalue weighted by molar-refractivity contribution is 7.86. The van der Waals surface area contributed by atoms with Crippen LogP contribution in [-0.2, 0) is 4.57 Å². The first-order valence-corrected chi connectivity index (χ1v) is 15.0. The Morgan fingerprint density at radius 2 is 1.00 bits per heavy atom. The standard InChI is InChI=1S/C36H23O3P/c37-40-33-21-17-27(24-10-4-1-5-11-24)22-32(33)38-31-20-18-29(26-14-8-3-9-15-26)35(36(31)40)39-30-19-16-28(23-34(30)40)25-12-6-2-7-13-25/h1-23H. The molecule has 1 atom stereocenters. The van der Waals surface area contributed by atoms with Crippen molar-refractivity contribution in [1.82, 2.24) is 0 Å². The van der Waals surface area contributed by atoms with Gasteiger partial charge in [-0.05, 0) is 64.2 Å². The van der Waals surface area contributed by atoms with E-state index in [0.29, 0.717) is 38.9 Å². The molecule has 2 aliphatic rings. The Hall–Kier alpha value is -4.85. The van der Waals surface area contributed by atoms with Crippen LogP contribution in [0.1, 0.15) is 0 Å². The molecule has 4 heteroatoms. The van der Waals surface area contributed by atoms with E-state index >= 15 is 4.57 Å².